The Bertz CT molecular complexity index is 539. The number of hydrogen-bond donors (Lipinski definition) is 1. The highest BCUT2D eigenvalue weighted by Gasteiger charge is 2.10. The minimum absolute atomic E-state index is 0.670. The van der Waals surface area contributed by atoms with Crippen LogP contribution in [0.15, 0.2) is 30.6 Å². The molecule has 4 nitrogen and oxygen atoms in total. The second-order valence-corrected chi connectivity index (χ2v) is 4.65. The van der Waals surface area contributed by atoms with Gasteiger partial charge in [0.1, 0.15) is 5.75 Å². The highest BCUT2D eigenvalue weighted by Crippen LogP contribution is 2.28. The highest BCUT2D eigenvalue weighted by atomic mass is 35.5. The Labute approximate surface area is 118 Å². The zero-order valence-corrected chi connectivity index (χ0v) is 11.9. The molecule has 0 spiro atoms. The van der Waals surface area contributed by atoms with Gasteiger partial charge in [-0.25, -0.2) is 4.98 Å². The lowest BCUT2D eigenvalue weighted by Gasteiger charge is -2.13. The largest absolute Gasteiger partial charge is 0.495 e. The molecule has 0 radical (unpaired) electrons. The molecule has 0 unspecified atom stereocenters. The van der Waals surface area contributed by atoms with E-state index in [0.29, 0.717) is 5.02 Å². The molecule has 0 aliphatic heterocycles. The van der Waals surface area contributed by atoms with Crippen LogP contribution in [-0.4, -0.2) is 23.2 Å². The van der Waals surface area contributed by atoms with Crippen LogP contribution in [0, 0.1) is 0 Å². The third-order valence-electron chi connectivity index (χ3n) is 2.85. The van der Waals surface area contributed by atoms with Crippen molar-refractivity contribution in [3.63, 3.8) is 0 Å². The van der Waals surface area contributed by atoms with Crippen LogP contribution < -0.4 is 10.1 Å². The number of anilines is 1. The van der Waals surface area contributed by atoms with Crippen LogP contribution in [0.3, 0.4) is 0 Å². The number of ether oxygens (including phenoxy) is 1. The monoisotopic (exact) mass is 279 g/mol. The fraction of sp³-hybridized carbons (Fsp3) is 0.357. The van der Waals surface area contributed by atoms with Gasteiger partial charge >= 0.3 is 0 Å². The van der Waals surface area contributed by atoms with E-state index in [9.17, 15) is 0 Å². The molecule has 0 saturated carbocycles. The fourth-order valence-electron chi connectivity index (χ4n) is 1.86. The standard InChI is InChI=1S/C14H18ClN3O/c1-3-4-7-16-14-17-8-9-18(14)12-10-11(15)5-6-13(12)19-2/h5-6,8-10H,3-4,7H2,1-2H3,(H,16,17). The first-order valence-electron chi connectivity index (χ1n) is 6.37. The average Bonchev–Trinajstić information content (AvgIpc) is 2.87. The molecule has 1 heterocycles. The number of methoxy groups -OCH3 is 1. The van der Waals surface area contributed by atoms with Crippen molar-refractivity contribution >= 4 is 17.5 Å². The van der Waals surface area contributed by atoms with E-state index in [2.05, 4.69) is 17.2 Å². The third kappa shape index (κ3) is 3.20. The van der Waals surface area contributed by atoms with Gasteiger partial charge in [0.2, 0.25) is 5.95 Å². The molecule has 0 atom stereocenters. The average molecular weight is 280 g/mol. The maximum atomic E-state index is 6.06. The summed E-state index contributed by atoms with van der Waals surface area (Å²) in [5.41, 5.74) is 0.881. The zero-order chi connectivity index (χ0) is 13.7. The number of nitrogens with zero attached hydrogens (tertiary/aromatic N) is 2. The van der Waals surface area contributed by atoms with Gasteiger partial charge in [0, 0.05) is 24.0 Å². The van der Waals surface area contributed by atoms with Gasteiger partial charge in [-0.1, -0.05) is 24.9 Å². The quantitative estimate of drug-likeness (QED) is 0.819. The summed E-state index contributed by atoms with van der Waals surface area (Å²) in [6.07, 6.45) is 5.91. The third-order valence-corrected chi connectivity index (χ3v) is 3.09. The molecule has 0 bridgehead atoms. The van der Waals surface area contributed by atoms with Crippen molar-refractivity contribution in [1.82, 2.24) is 9.55 Å². The van der Waals surface area contributed by atoms with Gasteiger partial charge in [-0.05, 0) is 24.6 Å². The fourth-order valence-corrected chi connectivity index (χ4v) is 2.02. The first-order chi connectivity index (χ1) is 9.26. The maximum Gasteiger partial charge on any atom is 0.207 e. The first kappa shape index (κ1) is 13.7. The molecule has 102 valence electrons. The van der Waals surface area contributed by atoms with E-state index in [1.54, 1.807) is 13.3 Å². The van der Waals surface area contributed by atoms with E-state index in [4.69, 9.17) is 16.3 Å². The summed E-state index contributed by atoms with van der Waals surface area (Å²) in [5.74, 6) is 1.56. The van der Waals surface area contributed by atoms with Crippen LogP contribution in [0.4, 0.5) is 5.95 Å². The minimum atomic E-state index is 0.670. The number of unbranched alkanes of at least 4 members (excludes halogenated alkanes) is 1. The van der Waals surface area contributed by atoms with E-state index in [1.165, 1.54) is 0 Å². The van der Waals surface area contributed by atoms with Crippen LogP contribution in [0.25, 0.3) is 5.69 Å². The SMILES string of the molecule is CCCCNc1nccn1-c1cc(Cl)ccc1OC. The lowest BCUT2D eigenvalue weighted by atomic mass is 10.3. The predicted octanol–water partition coefficient (Wildman–Crippen LogP) is 3.75. The van der Waals surface area contributed by atoms with Crippen molar-refractivity contribution in [2.45, 2.75) is 19.8 Å². The summed E-state index contributed by atoms with van der Waals surface area (Å²) >= 11 is 6.06. The van der Waals surface area contributed by atoms with Gasteiger partial charge in [0.15, 0.2) is 0 Å². The molecule has 2 rings (SSSR count). The molecule has 5 heteroatoms. The van der Waals surface area contributed by atoms with Crippen molar-refractivity contribution in [3.05, 3.63) is 35.6 Å². The Kier molecular flexibility index (Phi) is 4.68. The molecule has 0 aliphatic rings. The Balaban J connectivity index is 2.31. The summed E-state index contributed by atoms with van der Waals surface area (Å²) in [6, 6.07) is 5.53. The molecule has 0 aliphatic carbocycles. The number of benzene rings is 1. The van der Waals surface area contributed by atoms with E-state index in [0.717, 1.165) is 36.8 Å². The Hall–Kier alpha value is -1.68. The lowest BCUT2D eigenvalue weighted by Crippen LogP contribution is -2.08. The Morgan fingerprint density at radius 1 is 1.42 bits per heavy atom. The number of rotatable bonds is 6. The normalized spacial score (nSPS) is 10.5. The van der Waals surface area contributed by atoms with Gasteiger partial charge in [-0.15, -0.1) is 0 Å². The van der Waals surface area contributed by atoms with Crippen molar-refractivity contribution in [3.8, 4) is 11.4 Å². The van der Waals surface area contributed by atoms with Crippen molar-refractivity contribution in [1.29, 1.82) is 0 Å². The van der Waals surface area contributed by atoms with E-state index in [-0.39, 0.29) is 0 Å². The number of aromatic nitrogens is 2. The second-order valence-electron chi connectivity index (χ2n) is 4.22. The number of nitrogens with one attached hydrogen (secondary N) is 1. The first-order valence-corrected chi connectivity index (χ1v) is 6.75. The number of halogens is 1. The summed E-state index contributed by atoms with van der Waals surface area (Å²) in [5, 5.41) is 3.99. The minimum Gasteiger partial charge on any atom is -0.495 e. The van der Waals surface area contributed by atoms with E-state index >= 15 is 0 Å². The molecule has 1 aromatic carbocycles. The molecule has 19 heavy (non-hydrogen) atoms. The van der Waals surface area contributed by atoms with Crippen LogP contribution in [0.1, 0.15) is 19.8 Å². The van der Waals surface area contributed by atoms with Crippen LogP contribution in [-0.2, 0) is 0 Å². The van der Waals surface area contributed by atoms with Crippen LogP contribution >= 0.6 is 11.6 Å². The van der Waals surface area contributed by atoms with E-state index in [1.807, 2.05) is 29.0 Å². The molecular formula is C14H18ClN3O. The van der Waals surface area contributed by atoms with Gasteiger partial charge in [0.25, 0.3) is 0 Å². The second kappa shape index (κ2) is 6.48. The van der Waals surface area contributed by atoms with Gasteiger partial charge in [0.05, 0.1) is 12.8 Å². The van der Waals surface area contributed by atoms with E-state index < -0.39 is 0 Å². The predicted molar refractivity (Wildman–Crippen MR) is 78.5 cm³/mol. The lowest BCUT2D eigenvalue weighted by molar-refractivity contribution is 0.413. The molecule has 0 amide bonds. The number of imidazole rings is 1. The molecule has 0 fully saturated rings. The Morgan fingerprint density at radius 3 is 3.00 bits per heavy atom. The molecule has 1 N–H and O–H groups in total. The zero-order valence-electron chi connectivity index (χ0n) is 11.2. The highest BCUT2D eigenvalue weighted by molar-refractivity contribution is 6.30. The molecule has 2 aromatic rings. The number of hydrogen-bond acceptors (Lipinski definition) is 3. The molecule has 0 saturated heterocycles. The summed E-state index contributed by atoms with van der Waals surface area (Å²) < 4.78 is 7.31. The summed E-state index contributed by atoms with van der Waals surface area (Å²) in [6.45, 7) is 3.06. The van der Waals surface area contributed by atoms with Crippen LogP contribution in [0.5, 0.6) is 5.75 Å². The van der Waals surface area contributed by atoms with Crippen LogP contribution in [0.2, 0.25) is 5.02 Å². The van der Waals surface area contributed by atoms with Crippen molar-refractivity contribution < 1.29 is 4.74 Å². The Morgan fingerprint density at radius 2 is 2.26 bits per heavy atom. The van der Waals surface area contributed by atoms with Gasteiger partial charge < -0.3 is 10.1 Å². The molecular weight excluding hydrogens is 262 g/mol. The van der Waals surface area contributed by atoms with Crippen molar-refractivity contribution in [2.75, 3.05) is 19.0 Å². The van der Waals surface area contributed by atoms with Crippen molar-refractivity contribution in [2.24, 2.45) is 0 Å². The van der Waals surface area contributed by atoms with Gasteiger partial charge in [-0.3, -0.25) is 4.57 Å². The topological polar surface area (TPSA) is 39.1 Å². The van der Waals surface area contributed by atoms with Gasteiger partial charge in [-0.2, -0.15) is 0 Å². The summed E-state index contributed by atoms with van der Waals surface area (Å²) in [4.78, 5) is 4.32. The smallest absolute Gasteiger partial charge is 0.207 e. The summed E-state index contributed by atoms with van der Waals surface area (Å²) in [7, 11) is 1.65. The maximum absolute atomic E-state index is 6.06. The molecule has 1 aromatic heterocycles.